The van der Waals surface area contributed by atoms with Gasteiger partial charge in [-0.1, -0.05) is 11.6 Å². The minimum Gasteiger partial charge on any atom is -0.373 e. The van der Waals surface area contributed by atoms with Crippen molar-refractivity contribution in [2.45, 2.75) is 31.0 Å². The molecule has 7 heteroatoms. The van der Waals surface area contributed by atoms with Gasteiger partial charge in [0.15, 0.2) is 0 Å². The predicted octanol–water partition coefficient (Wildman–Crippen LogP) is 2.90. The van der Waals surface area contributed by atoms with Gasteiger partial charge in [0.1, 0.15) is 0 Å². The molecule has 1 heterocycles. The van der Waals surface area contributed by atoms with Gasteiger partial charge >= 0.3 is 0 Å². The lowest BCUT2D eigenvalue weighted by Crippen LogP contribution is -2.48. The van der Waals surface area contributed by atoms with E-state index in [9.17, 15) is 8.42 Å². The topological polar surface area (TPSA) is 46.6 Å². The Labute approximate surface area is 126 Å². The van der Waals surface area contributed by atoms with Gasteiger partial charge in [0.2, 0.25) is 10.0 Å². The third kappa shape index (κ3) is 3.31. The van der Waals surface area contributed by atoms with E-state index in [1.54, 1.807) is 6.07 Å². The molecular formula is C12H15BrClNO3S. The maximum Gasteiger partial charge on any atom is 0.243 e. The molecule has 19 heavy (non-hydrogen) atoms. The van der Waals surface area contributed by atoms with Crippen molar-refractivity contribution in [2.75, 3.05) is 13.1 Å². The van der Waals surface area contributed by atoms with E-state index in [0.29, 0.717) is 22.6 Å². The van der Waals surface area contributed by atoms with E-state index in [-0.39, 0.29) is 17.1 Å². The molecule has 1 aliphatic rings. The normalized spacial score (nSPS) is 25.5. The molecule has 0 radical (unpaired) electrons. The first-order valence-corrected chi connectivity index (χ1v) is 8.52. The van der Waals surface area contributed by atoms with Crippen molar-refractivity contribution in [3.8, 4) is 0 Å². The summed E-state index contributed by atoms with van der Waals surface area (Å²) in [6.45, 7) is 4.48. The van der Waals surface area contributed by atoms with E-state index in [0.717, 1.165) is 0 Å². The first-order chi connectivity index (χ1) is 8.80. The molecule has 2 unspecified atom stereocenters. The number of halogens is 2. The number of rotatable bonds is 2. The summed E-state index contributed by atoms with van der Waals surface area (Å²) in [5.41, 5.74) is 0. The van der Waals surface area contributed by atoms with Gasteiger partial charge in [-0.3, -0.25) is 0 Å². The average molecular weight is 369 g/mol. The molecule has 2 rings (SSSR count). The van der Waals surface area contributed by atoms with Crippen LogP contribution in [0, 0.1) is 0 Å². The maximum atomic E-state index is 12.5. The first kappa shape index (κ1) is 15.3. The molecule has 1 aromatic rings. The third-order valence-electron chi connectivity index (χ3n) is 2.91. The Morgan fingerprint density at radius 1 is 1.32 bits per heavy atom. The van der Waals surface area contributed by atoms with Crippen LogP contribution in [0.15, 0.2) is 27.6 Å². The molecule has 2 atom stereocenters. The number of sulfonamides is 1. The van der Waals surface area contributed by atoms with E-state index in [1.807, 2.05) is 13.8 Å². The van der Waals surface area contributed by atoms with Crippen LogP contribution in [0.1, 0.15) is 13.8 Å². The lowest BCUT2D eigenvalue weighted by atomic mass is 10.3. The van der Waals surface area contributed by atoms with Gasteiger partial charge in [-0.15, -0.1) is 0 Å². The number of morpholine rings is 1. The lowest BCUT2D eigenvalue weighted by Gasteiger charge is -2.34. The van der Waals surface area contributed by atoms with Crippen molar-refractivity contribution in [3.63, 3.8) is 0 Å². The molecule has 0 amide bonds. The van der Waals surface area contributed by atoms with E-state index in [2.05, 4.69) is 15.9 Å². The number of nitrogens with zero attached hydrogens (tertiary/aromatic N) is 1. The van der Waals surface area contributed by atoms with Crippen molar-refractivity contribution in [1.29, 1.82) is 0 Å². The SMILES string of the molecule is CC1CN(S(=O)(=O)c2ccc(Cl)c(Br)c2)CC(C)O1. The molecule has 1 fully saturated rings. The summed E-state index contributed by atoms with van der Waals surface area (Å²) >= 11 is 9.13. The van der Waals surface area contributed by atoms with Crippen LogP contribution in [0.25, 0.3) is 0 Å². The highest BCUT2D eigenvalue weighted by Crippen LogP contribution is 2.28. The van der Waals surface area contributed by atoms with E-state index in [4.69, 9.17) is 16.3 Å². The molecule has 1 aromatic carbocycles. The van der Waals surface area contributed by atoms with Crippen LogP contribution in [0.3, 0.4) is 0 Å². The van der Waals surface area contributed by atoms with Crippen molar-refractivity contribution < 1.29 is 13.2 Å². The fraction of sp³-hybridized carbons (Fsp3) is 0.500. The zero-order chi connectivity index (χ0) is 14.2. The fourth-order valence-electron chi connectivity index (χ4n) is 2.11. The monoisotopic (exact) mass is 367 g/mol. The lowest BCUT2D eigenvalue weighted by molar-refractivity contribution is -0.0440. The fourth-order valence-corrected chi connectivity index (χ4v) is 4.38. The Morgan fingerprint density at radius 3 is 2.42 bits per heavy atom. The summed E-state index contributed by atoms with van der Waals surface area (Å²) in [7, 11) is -3.50. The Balaban J connectivity index is 2.33. The number of hydrogen-bond acceptors (Lipinski definition) is 3. The van der Waals surface area contributed by atoms with E-state index >= 15 is 0 Å². The van der Waals surface area contributed by atoms with Gasteiger partial charge in [0.25, 0.3) is 0 Å². The Morgan fingerprint density at radius 2 is 1.89 bits per heavy atom. The van der Waals surface area contributed by atoms with Gasteiger partial charge in [-0.2, -0.15) is 4.31 Å². The summed E-state index contributed by atoms with van der Waals surface area (Å²) in [4.78, 5) is 0.241. The largest absolute Gasteiger partial charge is 0.373 e. The summed E-state index contributed by atoms with van der Waals surface area (Å²) < 4.78 is 32.7. The van der Waals surface area contributed by atoms with Gasteiger partial charge in [0, 0.05) is 17.6 Å². The molecule has 0 aromatic heterocycles. The average Bonchev–Trinajstić information content (AvgIpc) is 2.31. The number of hydrogen-bond donors (Lipinski definition) is 0. The van der Waals surface area contributed by atoms with Crippen molar-refractivity contribution in [2.24, 2.45) is 0 Å². The highest BCUT2D eigenvalue weighted by atomic mass is 79.9. The summed E-state index contributed by atoms with van der Waals surface area (Å²) in [6.07, 6.45) is -0.205. The van der Waals surface area contributed by atoms with Crippen LogP contribution in [0.4, 0.5) is 0 Å². The minimum atomic E-state index is -3.50. The molecule has 4 nitrogen and oxygen atoms in total. The highest BCUT2D eigenvalue weighted by molar-refractivity contribution is 9.10. The van der Waals surface area contributed by atoms with Crippen LogP contribution in [0.2, 0.25) is 5.02 Å². The van der Waals surface area contributed by atoms with Crippen molar-refractivity contribution >= 4 is 37.6 Å². The summed E-state index contributed by atoms with van der Waals surface area (Å²) in [5.74, 6) is 0. The zero-order valence-electron chi connectivity index (χ0n) is 10.6. The van der Waals surface area contributed by atoms with Crippen LogP contribution in [0.5, 0.6) is 0 Å². The smallest absolute Gasteiger partial charge is 0.243 e. The van der Waals surface area contributed by atoms with Crippen LogP contribution in [-0.4, -0.2) is 38.0 Å². The highest BCUT2D eigenvalue weighted by Gasteiger charge is 2.32. The molecule has 0 saturated carbocycles. The molecule has 0 aliphatic carbocycles. The van der Waals surface area contributed by atoms with Crippen molar-refractivity contribution in [3.05, 3.63) is 27.7 Å². The quantitative estimate of drug-likeness (QED) is 0.806. The Hall–Kier alpha value is -0.140. The van der Waals surface area contributed by atoms with Gasteiger partial charge in [-0.05, 0) is 48.0 Å². The molecule has 1 saturated heterocycles. The second-order valence-corrected chi connectivity index (χ2v) is 7.85. The molecule has 0 bridgehead atoms. The number of benzene rings is 1. The second kappa shape index (κ2) is 5.69. The summed E-state index contributed by atoms with van der Waals surface area (Å²) in [6, 6.07) is 4.63. The van der Waals surface area contributed by atoms with E-state index in [1.165, 1.54) is 16.4 Å². The van der Waals surface area contributed by atoms with Gasteiger partial charge < -0.3 is 4.74 Å². The van der Waals surface area contributed by atoms with Crippen LogP contribution in [-0.2, 0) is 14.8 Å². The molecule has 0 spiro atoms. The second-order valence-electron chi connectivity index (χ2n) is 4.66. The minimum absolute atomic E-state index is 0.103. The third-order valence-corrected chi connectivity index (χ3v) is 5.96. The Bertz CT molecular complexity index is 568. The molecule has 0 N–H and O–H groups in total. The van der Waals surface area contributed by atoms with Crippen LogP contribution >= 0.6 is 27.5 Å². The van der Waals surface area contributed by atoms with Crippen molar-refractivity contribution in [1.82, 2.24) is 4.31 Å². The molecule has 1 aliphatic heterocycles. The van der Waals surface area contributed by atoms with E-state index < -0.39 is 10.0 Å². The summed E-state index contributed by atoms with van der Waals surface area (Å²) in [5, 5.41) is 0.489. The zero-order valence-corrected chi connectivity index (χ0v) is 13.8. The van der Waals surface area contributed by atoms with Crippen LogP contribution < -0.4 is 0 Å². The molecule has 106 valence electrons. The molecular weight excluding hydrogens is 354 g/mol. The Kier molecular flexibility index (Phi) is 4.57. The van der Waals surface area contributed by atoms with Gasteiger partial charge in [0.05, 0.1) is 22.1 Å². The maximum absolute atomic E-state index is 12.5. The first-order valence-electron chi connectivity index (χ1n) is 5.91. The van der Waals surface area contributed by atoms with Gasteiger partial charge in [-0.25, -0.2) is 8.42 Å². The predicted molar refractivity (Wildman–Crippen MR) is 77.9 cm³/mol. The number of ether oxygens (including phenoxy) is 1. The standard InChI is InChI=1S/C12H15BrClNO3S/c1-8-6-15(7-9(2)18-8)19(16,17)10-3-4-12(14)11(13)5-10/h3-5,8-9H,6-7H2,1-2H3.